The first kappa shape index (κ1) is 18.6. The summed E-state index contributed by atoms with van der Waals surface area (Å²) in [5.74, 6) is 0.865. The van der Waals surface area contributed by atoms with Gasteiger partial charge in [-0.15, -0.1) is 0 Å². The van der Waals surface area contributed by atoms with Crippen molar-refractivity contribution in [3.8, 4) is 0 Å². The third kappa shape index (κ3) is 3.82. The van der Waals surface area contributed by atoms with Crippen molar-refractivity contribution in [2.45, 2.75) is 65.2 Å². The fraction of sp³-hybridized carbons (Fsp3) is 0.400. The lowest BCUT2D eigenvalue weighted by Gasteiger charge is -2.26. The minimum absolute atomic E-state index is 0.170. The van der Waals surface area contributed by atoms with Crippen molar-refractivity contribution in [2.75, 3.05) is 0 Å². The van der Waals surface area contributed by atoms with Crippen molar-refractivity contribution in [1.29, 1.82) is 0 Å². The molecule has 0 radical (unpaired) electrons. The predicted octanol–water partition coefficient (Wildman–Crippen LogP) is 7.14. The van der Waals surface area contributed by atoms with Gasteiger partial charge in [-0.1, -0.05) is 82.6 Å². The lowest BCUT2D eigenvalue weighted by Crippen LogP contribution is -2.14. The maximum absolute atomic E-state index is 4.99. The van der Waals surface area contributed by atoms with Gasteiger partial charge in [0.1, 0.15) is 0 Å². The molecule has 3 aromatic rings. The third-order valence-corrected chi connectivity index (χ3v) is 5.53. The normalized spacial score (nSPS) is 14.4. The van der Waals surface area contributed by atoms with E-state index in [0.717, 1.165) is 11.9 Å². The van der Waals surface area contributed by atoms with Gasteiger partial charge in [-0.05, 0) is 47.9 Å². The Bertz CT molecular complexity index is 901. The molecule has 3 rings (SSSR count). The zero-order valence-electron chi connectivity index (χ0n) is 17.0. The second kappa shape index (κ2) is 7.23. The Balaban J connectivity index is 2.00. The molecular weight excluding hydrogens is 314 g/mol. The van der Waals surface area contributed by atoms with Crippen LogP contribution in [-0.2, 0) is 5.41 Å². The quantitative estimate of drug-likeness (QED) is 0.490. The van der Waals surface area contributed by atoms with Gasteiger partial charge in [0.2, 0.25) is 0 Å². The molecule has 0 fully saturated rings. The molecule has 1 heterocycles. The highest BCUT2D eigenvalue weighted by Gasteiger charge is 2.23. The largest absolute Gasteiger partial charge is 0.253 e. The predicted molar refractivity (Wildman–Crippen MR) is 113 cm³/mol. The Morgan fingerprint density at radius 2 is 1.69 bits per heavy atom. The number of hydrogen-bond acceptors (Lipinski definition) is 1. The maximum atomic E-state index is 4.99. The summed E-state index contributed by atoms with van der Waals surface area (Å²) in [7, 11) is 0. The van der Waals surface area contributed by atoms with E-state index in [0.29, 0.717) is 11.8 Å². The van der Waals surface area contributed by atoms with Crippen LogP contribution in [0.1, 0.15) is 75.3 Å². The molecule has 0 saturated carbocycles. The number of pyridine rings is 1. The summed E-state index contributed by atoms with van der Waals surface area (Å²) in [4.78, 5) is 4.99. The number of fused-ring (bicyclic) bond motifs is 1. The molecule has 26 heavy (non-hydrogen) atoms. The molecule has 1 aromatic heterocycles. The standard InChI is InChI=1S/C25H31N/c1-7-22(24-13-12-19-10-8-9-11-23(19)26-24)18(3)20-14-17(2)15-21(16-20)25(4,5)6/h8-16,18,22H,7H2,1-6H3/t18-,22-/m1/s1. The van der Waals surface area contributed by atoms with E-state index < -0.39 is 0 Å². The van der Waals surface area contributed by atoms with Crippen molar-refractivity contribution in [3.63, 3.8) is 0 Å². The highest BCUT2D eigenvalue weighted by molar-refractivity contribution is 5.78. The molecule has 2 aromatic carbocycles. The fourth-order valence-electron chi connectivity index (χ4n) is 3.85. The van der Waals surface area contributed by atoms with E-state index in [9.17, 15) is 0 Å². The molecule has 1 nitrogen and oxygen atoms in total. The molecule has 2 atom stereocenters. The molecule has 0 saturated heterocycles. The number of para-hydroxylation sites is 1. The molecule has 0 bridgehead atoms. The van der Waals surface area contributed by atoms with E-state index in [2.05, 4.69) is 96.1 Å². The number of aryl methyl sites for hydroxylation is 1. The lowest BCUT2D eigenvalue weighted by molar-refractivity contribution is 0.542. The van der Waals surface area contributed by atoms with Gasteiger partial charge in [0.05, 0.1) is 5.52 Å². The van der Waals surface area contributed by atoms with Gasteiger partial charge in [0.15, 0.2) is 0 Å². The second-order valence-electron chi connectivity index (χ2n) is 8.61. The number of hydrogen-bond donors (Lipinski definition) is 0. The molecule has 0 aliphatic rings. The monoisotopic (exact) mass is 345 g/mol. The molecular formula is C25H31N. The van der Waals surface area contributed by atoms with Crippen molar-refractivity contribution in [3.05, 3.63) is 77.0 Å². The van der Waals surface area contributed by atoms with Crippen LogP contribution in [0, 0.1) is 6.92 Å². The van der Waals surface area contributed by atoms with Crippen LogP contribution in [0.2, 0.25) is 0 Å². The summed E-state index contributed by atoms with van der Waals surface area (Å²) >= 11 is 0. The number of rotatable bonds is 4. The molecule has 0 unspecified atom stereocenters. The first-order chi connectivity index (χ1) is 12.3. The van der Waals surface area contributed by atoms with Gasteiger partial charge in [-0.3, -0.25) is 4.98 Å². The molecule has 0 amide bonds. The first-order valence-electron chi connectivity index (χ1n) is 9.77. The van der Waals surface area contributed by atoms with Crippen LogP contribution >= 0.6 is 0 Å². The fourth-order valence-corrected chi connectivity index (χ4v) is 3.85. The Kier molecular flexibility index (Phi) is 5.18. The van der Waals surface area contributed by atoms with Crippen LogP contribution in [0.3, 0.4) is 0 Å². The Morgan fingerprint density at radius 1 is 0.962 bits per heavy atom. The third-order valence-electron chi connectivity index (χ3n) is 5.53. The lowest BCUT2D eigenvalue weighted by atomic mass is 9.79. The SMILES string of the molecule is CC[C@@H](c1ccc2ccccc2n1)[C@H](C)c1cc(C)cc(C(C)(C)C)c1. The van der Waals surface area contributed by atoms with Crippen LogP contribution in [0.15, 0.2) is 54.6 Å². The first-order valence-corrected chi connectivity index (χ1v) is 9.77. The van der Waals surface area contributed by atoms with Gasteiger partial charge in [-0.25, -0.2) is 0 Å². The number of nitrogens with zero attached hydrogens (tertiary/aromatic N) is 1. The van der Waals surface area contributed by atoms with Gasteiger partial charge in [0.25, 0.3) is 0 Å². The number of benzene rings is 2. The smallest absolute Gasteiger partial charge is 0.0705 e. The van der Waals surface area contributed by atoms with Crippen molar-refractivity contribution in [1.82, 2.24) is 4.98 Å². The average Bonchev–Trinajstić information content (AvgIpc) is 2.61. The zero-order chi connectivity index (χ0) is 18.9. The van der Waals surface area contributed by atoms with Crippen LogP contribution in [0.5, 0.6) is 0 Å². The van der Waals surface area contributed by atoms with Crippen LogP contribution in [0.25, 0.3) is 10.9 Å². The zero-order valence-corrected chi connectivity index (χ0v) is 17.0. The van der Waals surface area contributed by atoms with E-state index in [4.69, 9.17) is 4.98 Å². The van der Waals surface area contributed by atoms with Crippen LogP contribution in [0.4, 0.5) is 0 Å². The van der Waals surface area contributed by atoms with E-state index in [1.807, 2.05) is 0 Å². The van der Waals surface area contributed by atoms with Gasteiger partial charge in [-0.2, -0.15) is 0 Å². The summed E-state index contributed by atoms with van der Waals surface area (Å²) in [5.41, 5.74) is 6.66. The Labute approximate surface area is 158 Å². The molecule has 0 spiro atoms. The average molecular weight is 346 g/mol. The van der Waals surface area contributed by atoms with Crippen molar-refractivity contribution >= 4 is 10.9 Å². The van der Waals surface area contributed by atoms with Crippen LogP contribution < -0.4 is 0 Å². The highest BCUT2D eigenvalue weighted by Crippen LogP contribution is 2.37. The van der Waals surface area contributed by atoms with E-state index in [1.54, 1.807) is 0 Å². The Morgan fingerprint density at radius 3 is 2.38 bits per heavy atom. The summed E-state index contributed by atoms with van der Waals surface area (Å²) in [5, 5.41) is 1.21. The molecule has 1 heteroatoms. The second-order valence-corrected chi connectivity index (χ2v) is 8.61. The molecule has 0 aliphatic carbocycles. The van der Waals surface area contributed by atoms with Crippen molar-refractivity contribution in [2.24, 2.45) is 0 Å². The molecule has 0 N–H and O–H groups in total. The summed E-state index contributed by atoms with van der Waals surface area (Å²) in [6.07, 6.45) is 1.09. The van der Waals surface area contributed by atoms with Crippen LogP contribution in [-0.4, -0.2) is 4.98 Å². The minimum Gasteiger partial charge on any atom is -0.253 e. The van der Waals surface area contributed by atoms with Gasteiger partial charge < -0.3 is 0 Å². The van der Waals surface area contributed by atoms with E-state index >= 15 is 0 Å². The molecule has 0 aliphatic heterocycles. The topological polar surface area (TPSA) is 12.9 Å². The highest BCUT2D eigenvalue weighted by atomic mass is 14.7. The summed E-state index contributed by atoms with van der Waals surface area (Å²) in [6.45, 7) is 13.7. The molecule has 136 valence electrons. The Hall–Kier alpha value is -2.15. The summed E-state index contributed by atoms with van der Waals surface area (Å²) in [6, 6.07) is 19.9. The summed E-state index contributed by atoms with van der Waals surface area (Å²) < 4.78 is 0. The minimum atomic E-state index is 0.170. The van der Waals surface area contributed by atoms with Crippen molar-refractivity contribution < 1.29 is 0 Å². The number of aromatic nitrogens is 1. The van der Waals surface area contributed by atoms with E-state index in [-0.39, 0.29) is 5.41 Å². The van der Waals surface area contributed by atoms with E-state index in [1.165, 1.54) is 27.8 Å². The van der Waals surface area contributed by atoms with Gasteiger partial charge >= 0.3 is 0 Å². The maximum Gasteiger partial charge on any atom is 0.0705 e. The van der Waals surface area contributed by atoms with Gasteiger partial charge in [0, 0.05) is 17.0 Å².